The van der Waals surface area contributed by atoms with Gasteiger partial charge in [0.05, 0.1) is 18.8 Å². The molecule has 4 heteroatoms. The van der Waals surface area contributed by atoms with E-state index in [1.54, 1.807) is 0 Å². The molecule has 0 spiro atoms. The molecule has 1 amide bonds. The van der Waals surface area contributed by atoms with Crippen LogP contribution in [0.5, 0.6) is 0 Å². The number of nitrogens with one attached hydrogen (secondary N) is 1. The average Bonchev–Trinajstić information content (AvgIpc) is 3.13. The molecule has 0 radical (unpaired) electrons. The molecule has 302 valence electrons. The van der Waals surface area contributed by atoms with Crippen LogP contribution in [0.25, 0.3) is 0 Å². The molecule has 2 atom stereocenters. The fourth-order valence-corrected chi connectivity index (χ4v) is 7.22. The predicted molar refractivity (Wildman–Crippen MR) is 225 cm³/mol. The zero-order chi connectivity index (χ0) is 37.1. The number of carbonyl (C=O) groups is 1. The Morgan fingerprint density at radius 3 is 1.27 bits per heavy atom. The highest BCUT2D eigenvalue weighted by Crippen LogP contribution is 2.17. The first-order valence-electron chi connectivity index (χ1n) is 23.0. The number of hydrogen-bond acceptors (Lipinski definition) is 3. The van der Waals surface area contributed by atoms with Crippen LogP contribution in [0.1, 0.15) is 251 Å². The van der Waals surface area contributed by atoms with Gasteiger partial charge in [0.15, 0.2) is 0 Å². The van der Waals surface area contributed by atoms with E-state index in [4.69, 9.17) is 0 Å². The molecule has 0 bridgehead atoms. The van der Waals surface area contributed by atoms with Gasteiger partial charge in [-0.2, -0.15) is 0 Å². The SMILES string of the molecule is CC/C=C\C/C=C\CCCCCCCCCCCCCCCCC(=O)NC(CO)C(O)CCCCCCCCCCCCCCCCCCCC. The molecule has 0 saturated carbocycles. The third-order valence-electron chi connectivity index (χ3n) is 10.7. The van der Waals surface area contributed by atoms with E-state index < -0.39 is 12.1 Å². The zero-order valence-corrected chi connectivity index (χ0v) is 34.6. The Labute approximate surface area is 319 Å². The molecule has 0 fully saturated rings. The normalized spacial score (nSPS) is 13.1. The van der Waals surface area contributed by atoms with Crippen molar-refractivity contribution in [3.8, 4) is 0 Å². The second-order valence-corrected chi connectivity index (χ2v) is 15.8. The molecule has 0 rings (SSSR count). The lowest BCUT2D eigenvalue weighted by Crippen LogP contribution is -2.45. The number of aliphatic hydroxyl groups is 2. The van der Waals surface area contributed by atoms with E-state index in [2.05, 4.69) is 43.5 Å². The van der Waals surface area contributed by atoms with Gasteiger partial charge < -0.3 is 15.5 Å². The van der Waals surface area contributed by atoms with Crippen molar-refractivity contribution >= 4 is 5.91 Å². The van der Waals surface area contributed by atoms with Crippen LogP contribution in [-0.2, 0) is 4.79 Å². The molecule has 0 aliphatic carbocycles. The third kappa shape index (κ3) is 39.9. The molecule has 3 N–H and O–H groups in total. The Bertz CT molecular complexity index is 735. The Hall–Kier alpha value is -1.13. The van der Waals surface area contributed by atoms with Crippen LogP contribution in [-0.4, -0.2) is 34.9 Å². The van der Waals surface area contributed by atoms with E-state index in [1.807, 2.05) is 0 Å². The van der Waals surface area contributed by atoms with Crippen LogP contribution in [0.15, 0.2) is 24.3 Å². The highest BCUT2D eigenvalue weighted by atomic mass is 16.3. The summed E-state index contributed by atoms with van der Waals surface area (Å²) in [6.07, 6.45) is 55.5. The molecule has 0 saturated heterocycles. The van der Waals surface area contributed by atoms with Crippen LogP contribution in [0.4, 0.5) is 0 Å². The Kier molecular flexibility index (Phi) is 42.3. The molecule has 2 unspecified atom stereocenters. The maximum Gasteiger partial charge on any atom is 0.220 e. The van der Waals surface area contributed by atoms with Gasteiger partial charge in [-0.15, -0.1) is 0 Å². The summed E-state index contributed by atoms with van der Waals surface area (Å²) < 4.78 is 0. The van der Waals surface area contributed by atoms with Crippen molar-refractivity contribution in [2.24, 2.45) is 0 Å². The van der Waals surface area contributed by atoms with Crippen molar-refractivity contribution in [2.75, 3.05) is 6.61 Å². The van der Waals surface area contributed by atoms with Gasteiger partial charge in [-0.1, -0.05) is 231 Å². The minimum Gasteiger partial charge on any atom is -0.394 e. The van der Waals surface area contributed by atoms with Gasteiger partial charge in [0, 0.05) is 6.42 Å². The second kappa shape index (κ2) is 43.3. The van der Waals surface area contributed by atoms with E-state index in [0.29, 0.717) is 12.8 Å². The lowest BCUT2D eigenvalue weighted by atomic mass is 10.0. The number of rotatable bonds is 42. The molecule has 0 heterocycles. The minimum atomic E-state index is -0.657. The Balaban J connectivity index is 3.47. The van der Waals surface area contributed by atoms with Gasteiger partial charge in [-0.25, -0.2) is 0 Å². The summed E-state index contributed by atoms with van der Waals surface area (Å²) >= 11 is 0. The van der Waals surface area contributed by atoms with Gasteiger partial charge in [0.25, 0.3) is 0 Å². The molecular weight excluding hydrogens is 627 g/mol. The number of hydrogen-bond donors (Lipinski definition) is 3. The predicted octanol–water partition coefficient (Wildman–Crippen LogP) is 14.4. The molecular formula is C47H91NO3. The quantitative estimate of drug-likeness (QED) is 0.0435. The van der Waals surface area contributed by atoms with Crippen molar-refractivity contribution in [1.82, 2.24) is 5.32 Å². The topological polar surface area (TPSA) is 69.6 Å². The van der Waals surface area contributed by atoms with E-state index in [9.17, 15) is 15.0 Å². The third-order valence-corrected chi connectivity index (χ3v) is 10.7. The fraction of sp³-hybridized carbons (Fsp3) is 0.894. The molecule has 0 aromatic rings. The summed E-state index contributed by atoms with van der Waals surface area (Å²) in [6, 6.07) is -0.534. The number of allylic oxidation sites excluding steroid dienone is 4. The molecule has 0 aromatic carbocycles. The summed E-state index contributed by atoms with van der Waals surface area (Å²) in [5.74, 6) is -0.0294. The van der Waals surface area contributed by atoms with Crippen molar-refractivity contribution in [2.45, 2.75) is 264 Å². The first-order chi connectivity index (χ1) is 25.2. The highest BCUT2D eigenvalue weighted by molar-refractivity contribution is 5.76. The number of amides is 1. The summed E-state index contributed by atoms with van der Waals surface area (Å²) in [5, 5.41) is 23.2. The van der Waals surface area contributed by atoms with E-state index in [-0.39, 0.29) is 12.5 Å². The van der Waals surface area contributed by atoms with Gasteiger partial charge in [-0.3, -0.25) is 4.79 Å². The number of aliphatic hydroxyl groups excluding tert-OH is 2. The van der Waals surface area contributed by atoms with E-state index >= 15 is 0 Å². The van der Waals surface area contributed by atoms with Crippen molar-refractivity contribution in [1.29, 1.82) is 0 Å². The maximum atomic E-state index is 12.4. The van der Waals surface area contributed by atoms with Gasteiger partial charge in [-0.05, 0) is 38.5 Å². The number of unbranched alkanes of at least 4 members (excludes halogenated alkanes) is 31. The fourth-order valence-electron chi connectivity index (χ4n) is 7.22. The van der Waals surface area contributed by atoms with Gasteiger partial charge in [0.1, 0.15) is 0 Å². The van der Waals surface area contributed by atoms with E-state index in [0.717, 1.165) is 38.5 Å². The summed E-state index contributed by atoms with van der Waals surface area (Å²) in [5.41, 5.74) is 0. The van der Waals surface area contributed by atoms with E-state index in [1.165, 1.54) is 186 Å². The Morgan fingerprint density at radius 1 is 0.490 bits per heavy atom. The monoisotopic (exact) mass is 718 g/mol. The van der Waals surface area contributed by atoms with Crippen LogP contribution < -0.4 is 5.32 Å². The summed E-state index contributed by atoms with van der Waals surface area (Å²) in [7, 11) is 0. The highest BCUT2D eigenvalue weighted by Gasteiger charge is 2.20. The van der Waals surface area contributed by atoms with Crippen molar-refractivity contribution in [3.05, 3.63) is 24.3 Å². The second-order valence-electron chi connectivity index (χ2n) is 15.8. The molecule has 4 nitrogen and oxygen atoms in total. The minimum absolute atomic E-state index is 0.0294. The first kappa shape index (κ1) is 49.9. The van der Waals surface area contributed by atoms with Crippen LogP contribution in [0, 0.1) is 0 Å². The maximum absolute atomic E-state index is 12.4. The first-order valence-corrected chi connectivity index (χ1v) is 23.0. The molecule has 0 aliphatic rings. The zero-order valence-electron chi connectivity index (χ0n) is 34.6. The molecule has 0 aliphatic heterocycles. The van der Waals surface area contributed by atoms with Gasteiger partial charge in [0.2, 0.25) is 5.91 Å². The lowest BCUT2D eigenvalue weighted by Gasteiger charge is -2.22. The van der Waals surface area contributed by atoms with Crippen molar-refractivity contribution in [3.63, 3.8) is 0 Å². The van der Waals surface area contributed by atoms with Crippen LogP contribution in [0.2, 0.25) is 0 Å². The standard InChI is InChI=1S/C47H91NO3/c1-3-5-7-9-11-13-15-17-19-21-23-24-25-27-29-31-33-35-37-39-41-43-47(51)48-45(44-49)46(50)42-40-38-36-34-32-30-28-26-22-20-18-16-14-12-10-8-6-4-2/h5,7,11,13,45-46,49-50H,3-4,6,8-10,12,14-44H2,1-2H3,(H,48,51)/b7-5-,13-11-. The number of carbonyl (C=O) groups excluding carboxylic acids is 1. The lowest BCUT2D eigenvalue weighted by molar-refractivity contribution is -0.123. The summed E-state index contributed by atoms with van der Waals surface area (Å²) in [6.45, 7) is 4.28. The average molecular weight is 718 g/mol. The Morgan fingerprint density at radius 2 is 0.863 bits per heavy atom. The largest absolute Gasteiger partial charge is 0.394 e. The summed E-state index contributed by atoms with van der Waals surface area (Å²) in [4.78, 5) is 12.4. The van der Waals surface area contributed by atoms with Gasteiger partial charge >= 0.3 is 0 Å². The van der Waals surface area contributed by atoms with Crippen LogP contribution in [0.3, 0.4) is 0 Å². The molecule has 0 aromatic heterocycles. The van der Waals surface area contributed by atoms with Crippen molar-refractivity contribution < 1.29 is 15.0 Å². The molecule has 51 heavy (non-hydrogen) atoms. The smallest absolute Gasteiger partial charge is 0.220 e. The van der Waals surface area contributed by atoms with Crippen LogP contribution >= 0.6 is 0 Å².